The van der Waals surface area contributed by atoms with Crippen molar-refractivity contribution >= 4 is 0 Å². The van der Waals surface area contributed by atoms with E-state index in [0.29, 0.717) is 5.92 Å². The average molecular weight is 267 g/mol. The van der Waals surface area contributed by atoms with E-state index in [9.17, 15) is 0 Å². The molecular formula is C18H21NO. The first-order valence-electron chi connectivity index (χ1n) is 7.34. The summed E-state index contributed by atoms with van der Waals surface area (Å²) < 4.78 is 6.00. The first kappa shape index (κ1) is 13.3. The molecule has 0 radical (unpaired) electrons. The quantitative estimate of drug-likeness (QED) is 0.919. The monoisotopic (exact) mass is 267 g/mol. The number of hydrogen-bond acceptors (Lipinski definition) is 2. The Morgan fingerprint density at radius 1 is 1.00 bits per heavy atom. The number of nitrogens with one attached hydrogen (secondary N) is 1. The zero-order chi connectivity index (χ0) is 13.6. The first-order chi connectivity index (χ1) is 9.93. The Morgan fingerprint density at radius 2 is 1.70 bits per heavy atom. The zero-order valence-electron chi connectivity index (χ0n) is 11.7. The standard InChI is InChI=1S/C18H21NO/c1-3-7-15(8-4-1)13-17(16-9-5-2-6-10-16)18-14-19-11-12-20-18/h1-10,17-19H,11-14H2. The van der Waals surface area contributed by atoms with Crippen molar-refractivity contribution in [3.8, 4) is 0 Å². The smallest absolute Gasteiger partial charge is 0.0771 e. The van der Waals surface area contributed by atoms with Crippen molar-refractivity contribution in [2.45, 2.75) is 18.4 Å². The second-order valence-corrected chi connectivity index (χ2v) is 5.32. The minimum atomic E-state index is 0.256. The summed E-state index contributed by atoms with van der Waals surface area (Å²) in [7, 11) is 0. The molecule has 1 aliphatic heterocycles. The summed E-state index contributed by atoms with van der Waals surface area (Å²) in [6, 6.07) is 21.4. The normalized spacial score (nSPS) is 20.5. The van der Waals surface area contributed by atoms with Gasteiger partial charge in [-0.25, -0.2) is 0 Å². The molecular weight excluding hydrogens is 246 g/mol. The minimum absolute atomic E-state index is 0.256. The van der Waals surface area contributed by atoms with Gasteiger partial charge < -0.3 is 10.1 Å². The molecule has 1 N–H and O–H groups in total. The molecule has 0 amide bonds. The molecule has 1 saturated heterocycles. The molecule has 20 heavy (non-hydrogen) atoms. The van der Waals surface area contributed by atoms with Gasteiger partial charge >= 0.3 is 0 Å². The highest BCUT2D eigenvalue weighted by atomic mass is 16.5. The fourth-order valence-corrected chi connectivity index (χ4v) is 2.88. The molecule has 2 unspecified atom stereocenters. The largest absolute Gasteiger partial charge is 0.375 e. The molecule has 2 heteroatoms. The fraction of sp³-hybridized carbons (Fsp3) is 0.333. The van der Waals surface area contributed by atoms with Crippen LogP contribution in [0, 0.1) is 0 Å². The third-order valence-electron chi connectivity index (χ3n) is 3.93. The van der Waals surface area contributed by atoms with Crippen LogP contribution in [0.2, 0.25) is 0 Å². The van der Waals surface area contributed by atoms with Gasteiger partial charge in [0, 0.05) is 19.0 Å². The zero-order valence-corrected chi connectivity index (χ0v) is 11.7. The van der Waals surface area contributed by atoms with Crippen LogP contribution in [-0.2, 0) is 11.2 Å². The van der Waals surface area contributed by atoms with Crippen molar-refractivity contribution in [3.63, 3.8) is 0 Å². The van der Waals surface area contributed by atoms with Crippen molar-refractivity contribution in [2.24, 2.45) is 0 Å². The van der Waals surface area contributed by atoms with Gasteiger partial charge in [0.2, 0.25) is 0 Å². The summed E-state index contributed by atoms with van der Waals surface area (Å²) in [4.78, 5) is 0. The van der Waals surface area contributed by atoms with Gasteiger partial charge in [-0.2, -0.15) is 0 Å². The lowest BCUT2D eigenvalue weighted by Crippen LogP contribution is -2.42. The number of hydrogen-bond donors (Lipinski definition) is 1. The summed E-state index contributed by atoms with van der Waals surface area (Å²) in [5, 5.41) is 3.45. The van der Waals surface area contributed by atoms with Crippen LogP contribution in [0.5, 0.6) is 0 Å². The predicted octanol–water partition coefficient (Wildman–Crippen LogP) is 3.00. The van der Waals surface area contributed by atoms with Crippen LogP contribution in [0.25, 0.3) is 0 Å². The number of ether oxygens (including phenoxy) is 1. The molecule has 0 aromatic heterocycles. The van der Waals surface area contributed by atoms with E-state index in [0.717, 1.165) is 26.1 Å². The highest BCUT2D eigenvalue weighted by Crippen LogP contribution is 2.27. The summed E-state index contributed by atoms with van der Waals surface area (Å²) in [6.45, 7) is 2.71. The molecule has 104 valence electrons. The van der Waals surface area contributed by atoms with Crippen LogP contribution in [0.15, 0.2) is 60.7 Å². The van der Waals surface area contributed by atoms with E-state index in [1.807, 2.05) is 0 Å². The highest BCUT2D eigenvalue weighted by molar-refractivity contribution is 5.25. The van der Waals surface area contributed by atoms with Crippen molar-refractivity contribution in [3.05, 3.63) is 71.8 Å². The lowest BCUT2D eigenvalue weighted by Gasteiger charge is -2.31. The molecule has 1 fully saturated rings. The highest BCUT2D eigenvalue weighted by Gasteiger charge is 2.25. The number of rotatable bonds is 4. The van der Waals surface area contributed by atoms with Gasteiger partial charge in [-0.15, -0.1) is 0 Å². The Labute approximate surface area is 120 Å². The average Bonchev–Trinajstić information content (AvgIpc) is 2.55. The summed E-state index contributed by atoms with van der Waals surface area (Å²) in [5.74, 6) is 0.409. The second-order valence-electron chi connectivity index (χ2n) is 5.32. The lowest BCUT2D eigenvalue weighted by molar-refractivity contribution is 0.0110. The SMILES string of the molecule is c1ccc(CC(c2ccccc2)C2CNCCO2)cc1. The van der Waals surface area contributed by atoms with Gasteiger partial charge in [-0.05, 0) is 17.5 Å². The maximum atomic E-state index is 6.00. The third-order valence-corrected chi connectivity index (χ3v) is 3.93. The summed E-state index contributed by atoms with van der Waals surface area (Å²) in [6.07, 6.45) is 1.28. The van der Waals surface area contributed by atoms with Crippen molar-refractivity contribution < 1.29 is 4.74 Å². The van der Waals surface area contributed by atoms with Crippen molar-refractivity contribution in [1.29, 1.82) is 0 Å². The van der Waals surface area contributed by atoms with Gasteiger partial charge in [0.15, 0.2) is 0 Å². The number of morpholine rings is 1. The molecule has 0 bridgehead atoms. The van der Waals surface area contributed by atoms with E-state index in [1.165, 1.54) is 11.1 Å². The van der Waals surface area contributed by atoms with E-state index >= 15 is 0 Å². The third kappa shape index (κ3) is 3.27. The van der Waals surface area contributed by atoms with Crippen LogP contribution >= 0.6 is 0 Å². The molecule has 2 atom stereocenters. The van der Waals surface area contributed by atoms with E-state index in [1.54, 1.807) is 0 Å². The van der Waals surface area contributed by atoms with Gasteiger partial charge in [-0.1, -0.05) is 60.7 Å². The van der Waals surface area contributed by atoms with Gasteiger partial charge in [0.1, 0.15) is 0 Å². The molecule has 1 aliphatic rings. The Hall–Kier alpha value is -1.64. The maximum absolute atomic E-state index is 6.00. The van der Waals surface area contributed by atoms with Crippen LogP contribution in [0.4, 0.5) is 0 Å². The van der Waals surface area contributed by atoms with E-state index in [2.05, 4.69) is 66.0 Å². The molecule has 3 rings (SSSR count). The van der Waals surface area contributed by atoms with E-state index in [-0.39, 0.29) is 6.10 Å². The molecule has 2 nitrogen and oxygen atoms in total. The molecule has 2 aromatic carbocycles. The van der Waals surface area contributed by atoms with Gasteiger partial charge in [0.05, 0.1) is 12.7 Å². The first-order valence-corrected chi connectivity index (χ1v) is 7.34. The Bertz CT molecular complexity index is 505. The molecule has 1 heterocycles. The van der Waals surface area contributed by atoms with Gasteiger partial charge in [0.25, 0.3) is 0 Å². The maximum Gasteiger partial charge on any atom is 0.0771 e. The summed E-state index contributed by atoms with van der Waals surface area (Å²) >= 11 is 0. The minimum Gasteiger partial charge on any atom is -0.375 e. The van der Waals surface area contributed by atoms with Crippen LogP contribution in [0.3, 0.4) is 0 Å². The Kier molecular flexibility index (Phi) is 4.46. The Balaban J connectivity index is 1.83. The molecule has 0 saturated carbocycles. The van der Waals surface area contributed by atoms with Crippen molar-refractivity contribution in [2.75, 3.05) is 19.7 Å². The van der Waals surface area contributed by atoms with Gasteiger partial charge in [-0.3, -0.25) is 0 Å². The second kappa shape index (κ2) is 6.69. The fourth-order valence-electron chi connectivity index (χ4n) is 2.88. The van der Waals surface area contributed by atoms with E-state index in [4.69, 9.17) is 4.74 Å². The van der Waals surface area contributed by atoms with Crippen molar-refractivity contribution in [1.82, 2.24) is 5.32 Å². The predicted molar refractivity (Wildman–Crippen MR) is 81.9 cm³/mol. The number of benzene rings is 2. The molecule has 2 aromatic rings. The topological polar surface area (TPSA) is 21.3 Å². The molecule has 0 aliphatic carbocycles. The molecule has 0 spiro atoms. The lowest BCUT2D eigenvalue weighted by atomic mass is 9.87. The van der Waals surface area contributed by atoms with Crippen LogP contribution in [0.1, 0.15) is 17.0 Å². The Morgan fingerprint density at radius 3 is 2.35 bits per heavy atom. The summed E-state index contributed by atoms with van der Waals surface area (Å²) in [5.41, 5.74) is 2.74. The van der Waals surface area contributed by atoms with E-state index < -0.39 is 0 Å². The van der Waals surface area contributed by atoms with Crippen LogP contribution < -0.4 is 5.32 Å². The van der Waals surface area contributed by atoms with Crippen LogP contribution in [-0.4, -0.2) is 25.8 Å².